The lowest BCUT2D eigenvalue weighted by molar-refractivity contribution is -0.112. The van der Waals surface area contributed by atoms with Gasteiger partial charge in [0.15, 0.2) is 0 Å². The number of aromatic nitrogens is 1. The van der Waals surface area contributed by atoms with Crippen LogP contribution in [0.1, 0.15) is 12.5 Å². The first-order valence-electron chi connectivity index (χ1n) is 7.12. The molecule has 0 radical (unpaired) electrons. The second kappa shape index (κ2) is 6.22. The Kier molecular flexibility index (Phi) is 3.97. The minimum atomic E-state index is -0.123. The van der Waals surface area contributed by atoms with Crippen LogP contribution >= 0.6 is 0 Å². The summed E-state index contributed by atoms with van der Waals surface area (Å²) in [7, 11) is 0. The molecule has 3 nitrogen and oxygen atoms in total. The van der Waals surface area contributed by atoms with Crippen molar-refractivity contribution in [1.29, 1.82) is 0 Å². The van der Waals surface area contributed by atoms with E-state index in [1.165, 1.54) is 0 Å². The van der Waals surface area contributed by atoms with Crippen molar-refractivity contribution in [2.45, 2.75) is 6.92 Å². The van der Waals surface area contributed by atoms with E-state index in [2.05, 4.69) is 10.3 Å². The monoisotopic (exact) mass is 288 g/mol. The van der Waals surface area contributed by atoms with Crippen LogP contribution in [0.25, 0.3) is 17.0 Å². The number of rotatable bonds is 3. The molecule has 1 aromatic heterocycles. The minimum Gasteiger partial charge on any atom is -0.320 e. The number of para-hydroxylation sites is 1. The van der Waals surface area contributed by atoms with E-state index in [1.807, 2.05) is 66.7 Å². The lowest BCUT2D eigenvalue weighted by Gasteiger charge is -2.08. The number of nitrogens with zero attached hydrogens (tertiary/aromatic N) is 1. The molecule has 0 bridgehead atoms. The highest BCUT2D eigenvalue weighted by molar-refractivity contribution is 6.09. The summed E-state index contributed by atoms with van der Waals surface area (Å²) in [6.07, 6.45) is 3.60. The van der Waals surface area contributed by atoms with Gasteiger partial charge in [0.25, 0.3) is 5.91 Å². The van der Waals surface area contributed by atoms with Gasteiger partial charge < -0.3 is 5.32 Å². The Bertz CT molecular complexity index is 833. The van der Waals surface area contributed by atoms with Crippen LogP contribution in [0, 0.1) is 0 Å². The van der Waals surface area contributed by atoms with Crippen molar-refractivity contribution in [3.8, 4) is 0 Å². The maximum absolute atomic E-state index is 12.4. The van der Waals surface area contributed by atoms with E-state index in [0.29, 0.717) is 5.57 Å². The molecule has 3 rings (SSSR count). The molecule has 22 heavy (non-hydrogen) atoms. The third-order valence-corrected chi connectivity index (χ3v) is 3.42. The predicted octanol–water partition coefficient (Wildman–Crippen LogP) is 4.28. The van der Waals surface area contributed by atoms with E-state index in [4.69, 9.17) is 0 Å². The predicted molar refractivity (Wildman–Crippen MR) is 90.5 cm³/mol. The number of pyridine rings is 1. The molecule has 0 aliphatic carbocycles. The second-order valence-electron chi connectivity index (χ2n) is 5.07. The molecule has 0 atom stereocenters. The summed E-state index contributed by atoms with van der Waals surface area (Å²) in [4.78, 5) is 16.7. The maximum atomic E-state index is 12.4. The van der Waals surface area contributed by atoms with Crippen LogP contribution in [-0.2, 0) is 4.79 Å². The number of amides is 1. The highest BCUT2D eigenvalue weighted by Crippen LogP contribution is 2.21. The Morgan fingerprint density at radius 1 is 1.00 bits per heavy atom. The van der Waals surface area contributed by atoms with Crippen LogP contribution in [0.2, 0.25) is 0 Å². The first-order chi connectivity index (χ1) is 10.7. The van der Waals surface area contributed by atoms with Crippen molar-refractivity contribution in [2.75, 3.05) is 5.32 Å². The molecular formula is C19H16N2O. The third-order valence-electron chi connectivity index (χ3n) is 3.42. The number of fused-ring (bicyclic) bond motifs is 1. The quantitative estimate of drug-likeness (QED) is 0.731. The Balaban J connectivity index is 1.86. The van der Waals surface area contributed by atoms with Gasteiger partial charge in [-0.3, -0.25) is 9.78 Å². The molecule has 0 saturated heterocycles. The fourth-order valence-corrected chi connectivity index (χ4v) is 2.29. The molecule has 108 valence electrons. The van der Waals surface area contributed by atoms with E-state index < -0.39 is 0 Å². The van der Waals surface area contributed by atoms with E-state index in [-0.39, 0.29) is 5.91 Å². The van der Waals surface area contributed by atoms with Crippen LogP contribution in [0.15, 0.2) is 72.4 Å². The third kappa shape index (κ3) is 3.04. The SMILES string of the molecule is C/C(=C\c1ccccc1)C(=O)Nc1cccc2cccnc12. The normalized spacial score (nSPS) is 11.4. The summed E-state index contributed by atoms with van der Waals surface area (Å²) in [5.74, 6) is -0.123. The molecule has 0 spiro atoms. The fourth-order valence-electron chi connectivity index (χ4n) is 2.29. The van der Waals surface area contributed by atoms with E-state index >= 15 is 0 Å². The van der Waals surface area contributed by atoms with Gasteiger partial charge in [0.05, 0.1) is 11.2 Å². The Morgan fingerprint density at radius 3 is 2.59 bits per heavy atom. The van der Waals surface area contributed by atoms with Gasteiger partial charge >= 0.3 is 0 Å². The van der Waals surface area contributed by atoms with Crippen molar-refractivity contribution in [2.24, 2.45) is 0 Å². The lowest BCUT2D eigenvalue weighted by atomic mass is 10.1. The zero-order valence-electron chi connectivity index (χ0n) is 12.3. The first kappa shape index (κ1) is 14.0. The van der Waals surface area contributed by atoms with Crippen molar-refractivity contribution in [3.63, 3.8) is 0 Å². The number of hydrogen-bond donors (Lipinski definition) is 1. The number of carbonyl (C=O) groups excluding carboxylic acids is 1. The van der Waals surface area contributed by atoms with Gasteiger partial charge in [0.2, 0.25) is 0 Å². The molecule has 0 saturated carbocycles. The van der Waals surface area contributed by atoms with Gasteiger partial charge in [0, 0.05) is 17.2 Å². The van der Waals surface area contributed by atoms with Crippen LogP contribution < -0.4 is 5.32 Å². The zero-order valence-corrected chi connectivity index (χ0v) is 12.3. The molecule has 1 amide bonds. The molecule has 1 N–H and O–H groups in total. The van der Waals surface area contributed by atoms with Gasteiger partial charge in [-0.15, -0.1) is 0 Å². The Labute approximate surface area is 129 Å². The number of nitrogens with one attached hydrogen (secondary N) is 1. The summed E-state index contributed by atoms with van der Waals surface area (Å²) in [5, 5.41) is 3.94. The van der Waals surface area contributed by atoms with Crippen LogP contribution in [0.5, 0.6) is 0 Å². The largest absolute Gasteiger partial charge is 0.320 e. The Hall–Kier alpha value is -2.94. The molecule has 0 unspecified atom stereocenters. The van der Waals surface area contributed by atoms with E-state index in [0.717, 1.165) is 22.2 Å². The van der Waals surface area contributed by atoms with Gasteiger partial charge in [-0.25, -0.2) is 0 Å². The van der Waals surface area contributed by atoms with Gasteiger partial charge in [-0.1, -0.05) is 48.5 Å². The van der Waals surface area contributed by atoms with Crippen LogP contribution in [0.4, 0.5) is 5.69 Å². The van der Waals surface area contributed by atoms with Crippen molar-refractivity contribution in [1.82, 2.24) is 4.98 Å². The highest BCUT2D eigenvalue weighted by atomic mass is 16.1. The van der Waals surface area contributed by atoms with E-state index in [9.17, 15) is 4.79 Å². The molecular weight excluding hydrogens is 272 g/mol. The standard InChI is InChI=1S/C19H16N2O/c1-14(13-15-7-3-2-4-8-15)19(22)21-17-11-5-9-16-10-6-12-20-18(16)17/h2-13H,1H3,(H,21,22)/b14-13+. The maximum Gasteiger partial charge on any atom is 0.251 e. The number of anilines is 1. The molecule has 0 aliphatic heterocycles. The van der Waals surface area contributed by atoms with Crippen molar-refractivity contribution in [3.05, 3.63) is 78.0 Å². The summed E-state index contributed by atoms with van der Waals surface area (Å²) < 4.78 is 0. The van der Waals surface area contributed by atoms with E-state index in [1.54, 1.807) is 13.1 Å². The Morgan fingerprint density at radius 2 is 1.77 bits per heavy atom. The van der Waals surface area contributed by atoms with Crippen molar-refractivity contribution < 1.29 is 4.79 Å². The van der Waals surface area contributed by atoms with Gasteiger partial charge in [0.1, 0.15) is 0 Å². The molecule has 3 aromatic rings. The fraction of sp³-hybridized carbons (Fsp3) is 0.0526. The van der Waals surface area contributed by atoms with Crippen LogP contribution in [-0.4, -0.2) is 10.9 Å². The average Bonchev–Trinajstić information content (AvgIpc) is 2.56. The average molecular weight is 288 g/mol. The second-order valence-corrected chi connectivity index (χ2v) is 5.07. The summed E-state index contributed by atoms with van der Waals surface area (Å²) in [6.45, 7) is 1.81. The number of hydrogen-bond acceptors (Lipinski definition) is 2. The topological polar surface area (TPSA) is 42.0 Å². The summed E-state index contributed by atoms with van der Waals surface area (Å²) >= 11 is 0. The molecule has 0 aliphatic rings. The minimum absolute atomic E-state index is 0.123. The first-order valence-corrected chi connectivity index (χ1v) is 7.12. The van der Waals surface area contributed by atoms with Crippen LogP contribution in [0.3, 0.4) is 0 Å². The van der Waals surface area contributed by atoms with Gasteiger partial charge in [-0.05, 0) is 30.7 Å². The van der Waals surface area contributed by atoms with Crippen molar-refractivity contribution >= 4 is 28.6 Å². The highest BCUT2D eigenvalue weighted by Gasteiger charge is 2.08. The number of carbonyl (C=O) groups is 1. The smallest absolute Gasteiger partial charge is 0.251 e. The lowest BCUT2D eigenvalue weighted by Crippen LogP contribution is -2.13. The molecule has 0 fully saturated rings. The molecule has 1 heterocycles. The zero-order chi connectivity index (χ0) is 15.4. The van der Waals surface area contributed by atoms with Gasteiger partial charge in [-0.2, -0.15) is 0 Å². The molecule has 3 heteroatoms. The molecule has 2 aromatic carbocycles. The summed E-state index contributed by atoms with van der Waals surface area (Å²) in [5.41, 5.74) is 3.18. The number of benzene rings is 2. The summed E-state index contributed by atoms with van der Waals surface area (Å²) in [6, 6.07) is 19.4.